The molecule has 18 heavy (non-hydrogen) atoms. The number of halogens is 1. The van der Waals surface area contributed by atoms with Crippen molar-refractivity contribution in [2.75, 3.05) is 7.11 Å². The van der Waals surface area contributed by atoms with Crippen LogP contribution in [0.1, 0.15) is 24.2 Å². The minimum Gasteiger partial charge on any atom is -0.467 e. The molecule has 1 aromatic heterocycles. The van der Waals surface area contributed by atoms with Gasteiger partial charge in [-0.15, -0.1) is 0 Å². The summed E-state index contributed by atoms with van der Waals surface area (Å²) in [5.41, 5.74) is 0.108. The average Bonchev–Trinajstić information content (AvgIpc) is 2.34. The van der Waals surface area contributed by atoms with Gasteiger partial charge in [0, 0.05) is 17.8 Å². The van der Waals surface area contributed by atoms with Crippen LogP contribution in [0.4, 0.5) is 4.39 Å². The van der Waals surface area contributed by atoms with Gasteiger partial charge in [-0.25, -0.2) is 9.78 Å². The highest BCUT2D eigenvalue weighted by molar-refractivity contribution is 5.96. The van der Waals surface area contributed by atoms with Crippen molar-refractivity contribution in [3.8, 4) is 0 Å². The summed E-state index contributed by atoms with van der Waals surface area (Å²) in [7, 11) is 1.25. The van der Waals surface area contributed by atoms with Crippen molar-refractivity contribution in [1.29, 1.82) is 0 Å². The third kappa shape index (κ3) is 3.51. The zero-order chi connectivity index (χ0) is 13.7. The van der Waals surface area contributed by atoms with Crippen molar-refractivity contribution >= 4 is 11.9 Å². The fourth-order valence-corrected chi connectivity index (χ4v) is 1.39. The van der Waals surface area contributed by atoms with Gasteiger partial charge in [-0.2, -0.15) is 4.39 Å². The van der Waals surface area contributed by atoms with Gasteiger partial charge in [0.2, 0.25) is 5.95 Å². The summed E-state index contributed by atoms with van der Waals surface area (Å²) >= 11 is 0. The van der Waals surface area contributed by atoms with E-state index >= 15 is 0 Å². The number of ether oxygens (including phenoxy) is 1. The number of esters is 1. The van der Waals surface area contributed by atoms with Crippen molar-refractivity contribution in [2.45, 2.75) is 19.9 Å². The molecule has 1 atom stereocenters. The van der Waals surface area contributed by atoms with Crippen LogP contribution in [-0.4, -0.2) is 30.0 Å². The summed E-state index contributed by atoms with van der Waals surface area (Å²) in [4.78, 5) is 26.6. The molecule has 0 bridgehead atoms. The first-order chi connectivity index (χ1) is 8.45. The second kappa shape index (κ2) is 6.09. The van der Waals surface area contributed by atoms with E-state index in [1.807, 2.05) is 0 Å². The standard InChI is InChI=1S/C12H15FN2O3/c1-7(2)10(12(17)18-3)15-11(16)8-4-5-14-9(13)6-8/h4-7,10H,1-3H3,(H,15,16)/t10-/m0/s1. The van der Waals surface area contributed by atoms with E-state index in [0.29, 0.717) is 0 Å². The average molecular weight is 254 g/mol. The Hall–Kier alpha value is -1.98. The monoisotopic (exact) mass is 254 g/mol. The largest absolute Gasteiger partial charge is 0.467 e. The lowest BCUT2D eigenvalue weighted by atomic mass is 10.0. The van der Waals surface area contributed by atoms with Crippen LogP contribution in [0.2, 0.25) is 0 Å². The second-order valence-electron chi connectivity index (χ2n) is 4.09. The maximum Gasteiger partial charge on any atom is 0.328 e. The first-order valence-electron chi connectivity index (χ1n) is 5.46. The quantitative estimate of drug-likeness (QED) is 0.646. The van der Waals surface area contributed by atoms with Gasteiger partial charge in [-0.05, 0) is 12.0 Å². The molecule has 1 amide bonds. The molecule has 0 saturated heterocycles. The van der Waals surface area contributed by atoms with Gasteiger partial charge in [-0.3, -0.25) is 4.79 Å². The Morgan fingerprint density at radius 2 is 2.11 bits per heavy atom. The molecule has 0 saturated carbocycles. The van der Waals surface area contributed by atoms with E-state index in [9.17, 15) is 14.0 Å². The van der Waals surface area contributed by atoms with Gasteiger partial charge < -0.3 is 10.1 Å². The van der Waals surface area contributed by atoms with E-state index in [-0.39, 0.29) is 11.5 Å². The number of methoxy groups -OCH3 is 1. The summed E-state index contributed by atoms with van der Waals surface area (Å²) in [6.45, 7) is 3.55. The van der Waals surface area contributed by atoms with E-state index in [1.165, 1.54) is 19.4 Å². The molecule has 6 heteroatoms. The van der Waals surface area contributed by atoms with Crippen molar-refractivity contribution in [3.63, 3.8) is 0 Å². The molecule has 0 spiro atoms. The van der Waals surface area contributed by atoms with Crippen LogP contribution in [0, 0.1) is 11.9 Å². The van der Waals surface area contributed by atoms with Gasteiger partial charge in [-0.1, -0.05) is 13.8 Å². The summed E-state index contributed by atoms with van der Waals surface area (Å²) in [6.07, 6.45) is 1.19. The number of nitrogens with zero attached hydrogens (tertiary/aromatic N) is 1. The van der Waals surface area contributed by atoms with Crippen molar-refractivity contribution in [1.82, 2.24) is 10.3 Å². The number of hydrogen-bond acceptors (Lipinski definition) is 4. The Morgan fingerprint density at radius 3 is 2.61 bits per heavy atom. The van der Waals surface area contributed by atoms with E-state index < -0.39 is 23.9 Å². The molecular weight excluding hydrogens is 239 g/mol. The van der Waals surface area contributed by atoms with E-state index in [1.54, 1.807) is 13.8 Å². The first-order valence-corrected chi connectivity index (χ1v) is 5.46. The predicted octanol–water partition coefficient (Wildman–Crippen LogP) is 1.15. The van der Waals surface area contributed by atoms with Gasteiger partial charge in [0.05, 0.1) is 7.11 Å². The van der Waals surface area contributed by atoms with Gasteiger partial charge >= 0.3 is 5.97 Å². The van der Waals surface area contributed by atoms with Crippen LogP contribution in [0.15, 0.2) is 18.3 Å². The zero-order valence-electron chi connectivity index (χ0n) is 10.4. The second-order valence-corrected chi connectivity index (χ2v) is 4.09. The number of amides is 1. The van der Waals surface area contributed by atoms with Crippen molar-refractivity contribution in [2.24, 2.45) is 5.92 Å². The SMILES string of the molecule is COC(=O)[C@@H](NC(=O)c1ccnc(F)c1)C(C)C. The molecule has 1 aromatic rings. The van der Waals surface area contributed by atoms with Crippen LogP contribution >= 0.6 is 0 Å². The third-order valence-electron chi connectivity index (χ3n) is 2.40. The van der Waals surface area contributed by atoms with Gasteiger partial charge in [0.1, 0.15) is 6.04 Å². The van der Waals surface area contributed by atoms with Crippen LogP contribution in [-0.2, 0) is 9.53 Å². The molecule has 5 nitrogen and oxygen atoms in total. The fraction of sp³-hybridized carbons (Fsp3) is 0.417. The summed E-state index contributed by atoms with van der Waals surface area (Å²) in [5.74, 6) is -1.96. The van der Waals surface area contributed by atoms with Gasteiger partial charge in [0.25, 0.3) is 5.91 Å². The van der Waals surface area contributed by atoms with Crippen LogP contribution in [0.3, 0.4) is 0 Å². The van der Waals surface area contributed by atoms with E-state index in [4.69, 9.17) is 0 Å². The molecule has 1 heterocycles. The number of carbonyl (C=O) groups excluding carboxylic acids is 2. The number of hydrogen-bond donors (Lipinski definition) is 1. The molecule has 1 rings (SSSR count). The maximum atomic E-state index is 12.9. The highest BCUT2D eigenvalue weighted by Gasteiger charge is 2.25. The minimum absolute atomic E-state index is 0.108. The summed E-state index contributed by atoms with van der Waals surface area (Å²) in [6, 6.07) is 1.61. The highest BCUT2D eigenvalue weighted by atomic mass is 19.1. The molecule has 0 fully saturated rings. The number of pyridine rings is 1. The Labute approximate surface area is 104 Å². The Kier molecular flexibility index (Phi) is 4.76. The fourth-order valence-electron chi connectivity index (χ4n) is 1.39. The van der Waals surface area contributed by atoms with Crippen LogP contribution in [0.25, 0.3) is 0 Å². The number of nitrogens with one attached hydrogen (secondary N) is 1. The molecule has 0 aliphatic heterocycles. The molecule has 0 aliphatic carbocycles. The molecule has 0 unspecified atom stereocenters. The molecule has 0 aliphatic rings. The Morgan fingerprint density at radius 1 is 1.44 bits per heavy atom. The smallest absolute Gasteiger partial charge is 0.328 e. The lowest BCUT2D eigenvalue weighted by Crippen LogP contribution is -2.45. The van der Waals surface area contributed by atoms with Crippen molar-refractivity contribution in [3.05, 3.63) is 29.8 Å². The number of aromatic nitrogens is 1. The van der Waals surface area contributed by atoms with E-state index in [0.717, 1.165) is 6.07 Å². The Balaban J connectivity index is 2.82. The summed E-state index contributed by atoms with van der Waals surface area (Å²) in [5, 5.41) is 2.50. The lowest BCUT2D eigenvalue weighted by molar-refractivity contribution is -0.144. The first kappa shape index (κ1) is 14.1. The molecule has 0 aromatic carbocycles. The van der Waals surface area contributed by atoms with Crippen LogP contribution in [0.5, 0.6) is 0 Å². The minimum atomic E-state index is -0.765. The maximum absolute atomic E-state index is 12.9. The highest BCUT2D eigenvalue weighted by Crippen LogP contribution is 2.06. The topological polar surface area (TPSA) is 68.3 Å². The lowest BCUT2D eigenvalue weighted by Gasteiger charge is -2.19. The molecule has 98 valence electrons. The van der Waals surface area contributed by atoms with Crippen LogP contribution < -0.4 is 5.32 Å². The zero-order valence-corrected chi connectivity index (χ0v) is 10.4. The number of rotatable bonds is 4. The third-order valence-corrected chi connectivity index (χ3v) is 2.40. The normalized spacial score (nSPS) is 12.1. The summed E-state index contributed by atoms with van der Waals surface area (Å²) < 4.78 is 17.5. The van der Waals surface area contributed by atoms with Gasteiger partial charge in [0.15, 0.2) is 0 Å². The van der Waals surface area contributed by atoms with Crippen molar-refractivity contribution < 1.29 is 18.7 Å². The number of carbonyl (C=O) groups is 2. The predicted molar refractivity (Wildman–Crippen MR) is 62.3 cm³/mol. The molecule has 1 N–H and O–H groups in total. The molecular formula is C12H15FN2O3. The molecule has 0 radical (unpaired) electrons. The van der Waals surface area contributed by atoms with E-state index in [2.05, 4.69) is 15.0 Å². The Bertz CT molecular complexity index is 449.